The van der Waals surface area contributed by atoms with Crippen molar-refractivity contribution in [2.24, 2.45) is 0 Å². The van der Waals surface area contributed by atoms with Gasteiger partial charge < -0.3 is 10.1 Å². The number of carbonyl (C=O) groups excluding carboxylic acids is 1. The van der Waals surface area contributed by atoms with Crippen LogP contribution in [0.5, 0.6) is 5.75 Å². The summed E-state index contributed by atoms with van der Waals surface area (Å²) in [6.45, 7) is 0.178. The number of fused-ring (bicyclic) bond motifs is 1. The van der Waals surface area contributed by atoms with Gasteiger partial charge in [-0.3, -0.25) is 4.79 Å². The third-order valence-electron chi connectivity index (χ3n) is 3.05. The largest absolute Gasteiger partial charge is 0.488 e. The van der Waals surface area contributed by atoms with E-state index in [9.17, 15) is 9.18 Å². The van der Waals surface area contributed by atoms with Crippen molar-refractivity contribution in [2.45, 2.75) is 0 Å². The summed E-state index contributed by atoms with van der Waals surface area (Å²) in [5, 5.41) is 2.55. The van der Waals surface area contributed by atoms with Crippen molar-refractivity contribution in [3.05, 3.63) is 65.5 Å². The monoisotopic (exact) mass is 269 g/mol. The van der Waals surface area contributed by atoms with Crippen LogP contribution in [0.25, 0.3) is 6.08 Å². The van der Waals surface area contributed by atoms with Gasteiger partial charge in [0.25, 0.3) is 5.91 Å². The zero-order chi connectivity index (χ0) is 13.9. The molecule has 0 fully saturated rings. The summed E-state index contributed by atoms with van der Waals surface area (Å²) in [6, 6.07) is 13.5. The molecule has 0 saturated carbocycles. The fraction of sp³-hybridized carbons (Fsp3) is 0.0625. The van der Waals surface area contributed by atoms with Crippen LogP contribution in [-0.4, -0.2) is 12.5 Å². The van der Waals surface area contributed by atoms with Crippen molar-refractivity contribution in [3.8, 4) is 5.75 Å². The van der Waals surface area contributed by atoms with E-state index in [1.54, 1.807) is 18.2 Å². The summed E-state index contributed by atoms with van der Waals surface area (Å²) in [7, 11) is 0. The molecule has 0 aliphatic carbocycles. The number of anilines is 1. The van der Waals surface area contributed by atoms with Crippen molar-refractivity contribution < 1.29 is 13.9 Å². The Morgan fingerprint density at radius 2 is 1.85 bits per heavy atom. The number of ether oxygens (including phenoxy) is 1. The summed E-state index contributed by atoms with van der Waals surface area (Å²) in [5.41, 5.74) is 1.47. The van der Waals surface area contributed by atoms with Gasteiger partial charge in [0.15, 0.2) is 0 Å². The van der Waals surface area contributed by atoms with Crippen molar-refractivity contribution in [2.75, 3.05) is 11.9 Å². The highest BCUT2D eigenvalue weighted by molar-refractivity contribution is 6.07. The highest BCUT2D eigenvalue weighted by Gasteiger charge is 2.17. The van der Waals surface area contributed by atoms with Crippen LogP contribution in [0.4, 0.5) is 10.1 Å². The number of rotatable bonds is 2. The zero-order valence-electron chi connectivity index (χ0n) is 10.6. The average Bonchev–Trinajstić information content (AvgIpc) is 2.49. The van der Waals surface area contributed by atoms with E-state index >= 15 is 0 Å². The molecule has 4 heteroatoms. The van der Waals surface area contributed by atoms with Gasteiger partial charge in [-0.25, -0.2) is 4.39 Å². The molecule has 2 aromatic rings. The smallest absolute Gasteiger partial charge is 0.255 e. The molecule has 2 aromatic carbocycles. The van der Waals surface area contributed by atoms with Gasteiger partial charge in [0.1, 0.15) is 18.2 Å². The Kier molecular flexibility index (Phi) is 3.21. The summed E-state index contributed by atoms with van der Waals surface area (Å²) in [4.78, 5) is 12.1. The summed E-state index contributed by atoms with van der Waals surface area (Å²) in [5.74, 6) is -0.0712. The van der Waals surface area contributed by atoms with Crippen LogP contribution in [0.1, 0.15) is 5.56 Å². The molecule has 0 atom stereocenters. The molecular weight excluding hydrogens is 257 g/mol. The lowest BCUT2D eigenvalue weighted by atomic mass is 10.1. The highest BCUT2D eigenvalue weighted by Crippen LogP contribution is 2.26. The molecule has 3 nitrogen and oxygen atoms in total. The standard InChI is InChI=1S/C16H12FNO2/c17-13-6-2-3-7-14(13)18-16(19)12-9-11-5-1-4-8-15(11)20-10-12/h1-9H,10H2,(H,18,19). The number of amides is 1. The van der Waals surface area contributed by atoms with Crippen molar-refractivity contribution in [1.29, 1.82) is 0 Å². The predicted octanol–water partition coefficient (Wildman–Crippen LogP) is 3.24. The molecule has 3 rings (SSSR count). The predicted molar refractivity (Wildman–Crippen MR) is 74.9 cm³/mol. The SMILES string of the molecule is O=C(Nc1ccccc1F)C1=Cc2ccccc2OC1. The number of nitrogens with one attached hydrogen (secondary N) is 1. The maximum Gasteiger partial charge on any atom is 0.255 e. The Morgan fingerprint density at radius 1 is 1.10 bits per heavy atom. The lowest BCUT2D eigenvalue weighted by Gasteiger charge is -2.17. The van der Waals surface area contributed by atoms with Crippen LogP contribution in [0.3, 0.4) is 0 Å². The van der Waals surface area contributed by atoms with E-state index in [1.807, 2.05) is 24.3 Å². The first-order valence-corrected chi connectivity index (χ1v) is 6.22. The normalized spacial score (nSPS) is 12.9. The fourth-order valence-electron chi connectivity index (χ4n) is 2.01. The number of hydrogen-bond donors (Lipinski definition) is 1. The van der Waals surface area contributed by atoms with Gasteiger partial charge in [-0.2, -0.15) is 0 Å². The lowest BCUT2D eigenvalue weighted by molar-refractivity contribution is -0.113. The Bertz CT molecular complexity index is 694. The van der Waals surface area contributed by atoms with Crippen LogP contribution in [-0.2, 0) is 4.79 Å². The molecule has 0 radical (unpaired) electrons. The summed E-state index contributed by atoms with van der Waals surface area (Å²) >= 11 is 0. The van der Waals surface area contributed by atoms with Gasteiger partial charge >= 0.3 is 0 Å². The topological polar surface area (TPSA) is 38.3 Å². The van der Waals surface area contributed by atoms with E-state index in [0.29, 0.717) is 5.57 Å². The second-order valence-electron chi connectivity index (χ2n) is 4.43. The average molecular weight is 269 g/mol. The molecule has 0 unspecified atom stereocenters. The summed E-state index contributed by atoms with van der Waals surface area (Å²) in [6.07, 6.45) is 1.76. The maximum absolute atomic E-state index is 13.5. The number of hydrogen-bond acceptors (Lipinski definition) is 2. The van der Waals surface area contributed by atoms with Gasteiger partial charge in [0.05, 0.1) is 11.3 Å². The number of benzene rings is 2. The zero-order valence-corrected chi connectivity index (χ0v) is 10.6. The molecule has 1 amide bonds. The minimum Gasteiger partial charge on any atom is -0.488 e. The van der Waals surface area contributed by atoms with Gasteiger partial charge in [0.2, 0.25) is 0 Å². The van der Waals surface area contributed by atoms with Gasteiger partial charge in [-0.15, -0.1) is 0 Å². The van der Waals surface area contributed by atoms with Crippen LogP contribution in [0.15, 0.2) is 54.1 Å². The van der Waals surface area contributed by atoms with E-state index in [-0.39, 0.29) is 18.2 Å². The summed E-state index contributed by atoms with van der Waals surface area (Å²) < 4.78 is 19.0. The van der Waals surface area contributed by atoms with Crippen molar-refractivity contribution >= 4 is 17.7 Å². The molecule has 20 heavy (non-hydrogen) atoms. The Labute approximate surface area is 115 Å². The van der Waals surface area contributed by atoms with Crippen LogP contribution < -0.4 is 10.1 Å². The van der Waals surface area contributed by atoms with Crippen LogP contribution >= 0.6 is 0 Å². The first-order valence-electron chi connectivity index (χ1n) is 6.22. The van der Waals surface area contributed by atoms with Crippen LogP contribution in [0.2, 0.25) is 0 Å². The molecule has 100 valence electrons. The molecule has 1 aliphatic rings. The Balaban J connectivity index is 1.83. The Hall–Kier alpha value is -2.62. The van der Waals surface area contributed by atoms with E-state index in [2.05, 4.69) is 5.32 Å². The minimum absolute atomic E-state index is 0.164. The Morgan fingerprint density at radius 3 is 2.70 bits per heavy atom. The number of para-hydroxylation sites is 2. The molecule has 0 aromatic heterocycles. The van der Waals surface area contributed by atoms with Crippen molar-refractivity contribution in [3.63, 3.8) is 0 Å². The molecular formula is C16H12FNO2. The third-order valence-corrected chi connectivity index (χ3v) is 3.05. The number of carbonyl (C=O) groups is 1. The fourth-order valence-corrected chi connectivity index (χ4v) is 2.01. The second-order valence-corrected chi connectivity index (χ2v) is 4.43. The van der Waals surface area contributed by atoms with E-state index in [0.717, 1.165) is 11.3 Å². The first-order chi connectivity index (χ1) is 9.74. The van der Waals surface area contributed by atoms with Crippen LogP contribution in [0, 0.1) is 5.82 Å². The molecule has 0 saturated heterocycles. The first kappa shape index (κ1) is 12.4. The number of halogens is 1. The van der Waals surface area contributed by atoms with Gasteiger partial charge in [0, 0.05) is 5.56 Å². The quantitative estimate of drug-likeness (QED) is 0.909. The van der Waals surface area contributed by atoms with Gasteiger partial charge in [-0.05, 0) is 24.3 Å². The third kappa shape index (κ3) is 2.40. The van der Waals surface area contributed by atoms with E-state index < -0.39 is 5.82 Å². The highest BCUT2D eigenvalue weighted by atomic mass is 19.1. The molecule has 0 bridgehead atoms. The molecule has 1 N–H and O–H groups in total. The van der Waals surface area contributed by atoms with E-state index in [4.69, 9.17) is 4.74 Å². The molecule has 1 heterocycles. The van der Waals surface area contributed by atoms with Gasteiger partial charge in [-0.1, -0.05) is 30.3 Å². The lowest BCUT2D eigenvalue weighted by Crippen LogP contribution is -2.21. The van der Waals surface area contributed by atoms with Crippen molar-refractivity contribution in [1.82, 2.24) is 0 Å². The molecule has 0 spiro atoms. The minimum atomic E-state index is -0.460. The van der Waals surface area contributed by atoms with E-state index in [1.165, 1.54) is 12.1 Å². The maximum atomic E-state index is 13.5. The molecule has 1 aliphatic heterocycles. The second kappa shape index (κ2) is 5.17.